The fourth-order valence-electron chi connectivity index (χ4n) is 1.69. The first-order chi connectivity index (χ1) is 8.93. The molecule has 9 heteroatoms. The Balaban J connectivity index is 2.94. The summed E-state index contributed by atoms with van der Waals surface area (Å²) in [6.07, 6.45) is 1.05. The van der Waals surface area contributed by atoms with Gasteiger partial charge in [-0.15, -0.1) is 0 Å². The van der Waals surface area contributed by atoms with E-state index in [-0.39, 0.29) is 28.6 Å². The van der Waals surface area contributed by atoms with Crippen LogP contribution in [0.2, 0.25) is 5.02 Å². The number of rotatable bonds is 5. The molecule has 0 aliphatic heterocycles. The van der Waals surface area contributed by atoms with E-state index in [1.807, 2.05) is 0 Å². The molecule has 114 valence electrons. The number of hydrogen-bond acceptors (Lipinski definition) is 5. The second kappa shape index (κ2) is 5.63. The Labute approximate surface area is 122 Å². The highest BCUT2D eigenvalue weighted by molar-refractivity contribution is 7.88. The summed E-state index contributed by atoms with van der Waals surface area (Å²) in [5.74, 6) is -0.765. The molecule has 0 aliphatic carbocycles. The number of benzene rings is 1. The third-order valence-electron chi connectivity index (χ3n) is 2.43. The maximum Gasteiger partial charge on any atom is 0.209 e. The van der Waals surface area contributed by atoms with Gasteiger partial charge in [-0.25, -0.2) is 17.5 Å². The van der Waals surface area contributed by atoms with Crippen molar-refractivity contribution in [3.63, 3.8) is 0 Å². The van der Waals surface area contributed by atoms with Crippen molar-refractivity contribution in [2.45, 2.75) is 19.4 Å². The van der Waals surface area contributed by atoms with Gasteiger partial charge in [-0.05, 0) is 19.9 Å². The fourth-order valence-corrected chi connectivity index (χ4v) is 2.92. The van der Waals surface area contributed by atoms with E-state index in [1.54, 1.807) is 13.8 Å². The highest BCUT2D eigenvalue weighted by atomic mass is 35.5. The molecule has 0 heterocycles. The highest BCUT2D eigenvalue weighted by Crippen LogP contribution is 2.33. The van der Waals surface area contributed by atoms with Gasteiger partial charge in [-0.3, -0.25) is 0 Å². The van der Waals surface area contributed by atoms with Crippen LogP contribution in [0.1, 0.15) is 13.8 Å². The molecule has 20 heavy (non-hydrogen) atoms. The van der Waals surface area contributed by atoms with Gasteiger partial charge in [0.1, 0.15) is 5.02 Å². The largest absolute Gasteiger partial charge is 0.397 e. The minimum Gasteiger partial charge on any atom is -0.397 e. The van der Waals surface area contributed by atoms with Gasteiger partial charge in [0.05, 0.1) is 23.3 Å². The minimum atomic E-state index is -3.38. The molecule has 1 aromatic carbocycles. The predicted molar refractivity (Wildman–Crippen MR) is 80.8 cm³/mol. The molecule has 0 bridgehead atoms. The Kier molecular flexibility index (Phi) is 4.73. The average molecular weight is 325 g/mol. The lowest BCUT2D eigenvalue weighted by atomic mass is 10.1. The molecule has 0 saturated heterocycles. The first kappa shape index (κ1) is 16.8. The quantitative estimate of drug-likeness (QED) is 0.612. The molecule has 0 spiro atoms. The normalized spacial score (nSPS) is 12.4. The summed E-state index contributed by atoms with van der Waals surface area (Å²) < 4.78 is 38.8. The number of sulfonamides is 1. The summed E-state index contributed by atoms with van der Waals surface area (Å²) in [5, 5.41) is 2.52. The molecule has 0 saturated carbocycles. The van der Waals surface area contributed by atoms with Crippen LogP contribution in [0.5, 0.6) is 0 Å². The van der Waals surface area contributed by atoms with E-state index in [0.717, 1.165) is 6.26 Å². The molecule has 0 radical (unpaired) electrons. The summed E-state index contributed by atoms with van der Waals surface area (Å²) in [6, 6.07) is 1.34. The third kappa shape index (κ3) is 4.39. The van der Waals surface area contributed by atoms with Crippen LogP contribution in [-0.4, -0.2) is 26.8 Å². The van der Waals surface area contributed by atoms with Crippen LogP contribution in [0.25, 0.3) is 0 Å². The number of nitrogens with two attached hydrogens (primary N) is 2. The zero-order valence-electron chi connectivity index (χ0n) is 11.4. The van der Waals surface area contributed by atoms with Gasteiger partial charge < -0.3 is 16.8 Å². The highest BCUT2D eigenvalue weighted by Gasteiger charge is 2.23. The Morgan fingerprint density at radius 2 is 1.90 bits per heavy atom. The van der Waals surface area contributed by atoms with Gasteiger partial charge >= 0.3 is 0 Å². The average Bonchev–Trinajstić information content (AvgIpc) is 2.22. The van der Waals surface area contributed by atoms with Crippen molar-refractivity contribution in [1.29, 1.82) is 0 Å². The van der Waals surface area contributed by atoms with Crippen molar-refractivity contribution in [2.24, 2.45) is 0 Å². The first-order valence-corrected chi connectivity index (χ1v) is 7.95. The van der Waals surface area contributed by atoms with Crippen molar-refractivity contribution >= 4 is 38.7 Å². The lowest BCUT2D eigenvalue weighted by molar-refractivity contribution is 0.475. The maximum atomic E-state index is 13.9. The SMILES string of the molecule is CC(C)(CNc1c(N)cc(N)c(Cl)c1F)NS(C)(=O)=O. The number of hydrogen-bond donors (Lipinski definition) is 4. The molecule has 0 amide bonds. The summed E-state index contributed by atoms with van der Waals surface area (Å²) >= 11 is 5.70. The standard InChI is InChI=1S/C11H18ClFN4O2S/c1-11(2,17-20(3,18)19)5-16-10-7(15)4-6(14)8(12)9(10)13/h4,16-17H,5,14-15H2,1-3H3. The molecule has 1 rings (SSSR count). The van der Waals surface area contributed by atoms with Crippen molar-refractivity contribution in [1.82, 2.24) is 4.72 Å². The van der Waals surface area contributed by atoms with Gasteiger partial charge in [0.15, 0.2) is 5.82 Å². The molecule has 0 fully saturated rings. The molecule has 6 nitrogen and oxygen atoms in total. The van der Waals surface area contributed by atoms with Crippen LogP contribution in [0.15, 0.2) is 6.07 Å². The van der Waals surface area contributed by atoms with E-state index < -0.39 is 21.4 Å². The maximum absolute atomic E-state index is 13.9. The Morgan fingerprint density at radius 1 is 1.35 bits per heavy atom. The zero-order valence-corrected chi connectivity index (χ0v) is 13.0. The smallest absolute Gasteiger partial charge is 0.209 e. The van der Waals surface area contributed by atoms with Gasteiger partial charge in [0.2, 0.25) is 10.0 Å². The van der Waals surface area contributed by atoms with Crippen molar-refractivity contribution in [3.05, 3.63) is 16.9 Å². The van der Waals surface area contributed by atoms with Crippen LogP contribution >= 0.6 is 11.6 Å². The van der Waals surface area contributed by atoms with Gasteiger partial charge in [0, 0.05) is 12.1 Å². The molecule has 1 aromatic rings. The second-order valence-electron chi connectivity index (χ2n) is 5.17. The summed E-state index contributed by atoms with van der Waals surface area (Å²) in [5.41, 5.74) is 10.5. The molecule has 0 aliphatic rings. The Morgan fingerprint density at radius 3 is 2.40 bits per heavy atom. The molecule has 0 unspecified atom stereocenters. The summed E-state index contributed by atoms with van der Waals surface area (Å²) in [6.45, 7) is 3.41. The van der Waals surface area contributed by atoms with Gasteiger partial charge in [-0.1, -0.05) is 11.6 Å². The number of nitrogens with one attached hydrogen (secondary N) is 2. The van der Waals surface area contributed by atoms with E-state index in [9.17, 15) is 12.8 Å². The molecule has 6 N–H and O–H groups in total. The number of anilines is 3. The Hall–Kier alpha value is -1.25. The molecular weight excluding hydrogens is 307 g/mol. The van der Waals surface area contributed by atoms with Crippen LogP contribution < -0.4 is 21.5 Å². The summed E-state index contributed by atoms with van der Waals surface area (Å²) in [7, 11) is -3.38. The fraction of sp³-hybridized carbons (Fsp3) is 0.455. The van der Waals surface area contributed by atoms with Crippen LogP contribution in [-0.2, 0) is 10.0 Å². The lowest BCUT2D eigenvalue weighted by Crippen LogP contribution is -2.47. The lowest BCUT2D eigenvalue weighted by Gasteiger charge is -2.26. The van der Waals surface area contributed by atoms with E-state index in [4.69, 9.17) is 23.1 Å². The predicted octanol–water partition coefficient (Wildman–Crippen LogP) is 1.38. The minimum absolute atomic E-state index is 0.00687. The number of nitrogen functional groups attached to an aromatic ring is 2. The summed E-state index contributed by atoms with van der Waals surface area (Å²) in [4.78, 5) is 0. The zero-order chi connectivity index (χ0) is 15.7. The van der Waals surface area contributed by atoms with Crippen LogP contribution in [0, 0.1) is 5.82 Å². The third-order valence-corrected chi connectivity index (χ3v) is 3.74. The monoisotopic (exact) mass is 324 g/mol. The molecular formula is C11H18ClFN4O2S. The first-order valence-electron chi connectivity index (χ1n) is 5.69. The van der Waals surface area contributed by atoms with E-state index in [0.29, 0.717) is 0 Å². The topological polar surface area (TPSA) is 110 Å². The van der Waals surface area contributed by atoms with Crippen LogP contribution in [0.4, 0.5) is 21.5 Å². The van der Waals surface area contributed by atoms with E-state index >= 15 is 0 Å². The second-order valence-corrected chi connectivity index (χ2v) is 7.30. The Bertz CT molecular complexity index is 619. The molecule has 0 atom stereocenters. The van der Waals surface area contributed by atoms with Crippen molar-refractivity contribution in [2.75, 3.05) is 29.6 Å². The van der Waals surface area contributed by atoms with Gasteiger partial charge in [0.25, 0.3) is 0 Å². The number of halogens is 2. The van der Waals surface area contributed by atoms with Gasteiger partial charge in [-0.2, -0.15) is 0 Å². The van der Waals surface area contributed by atoms with E-state index in [2.05, 4.69) is 10.0 Å². The van der Waals surface area contributed by atoms with Crippen molar-refractivity contribution in [3.8, 4) is 0 Å². The van der Waals surface area contributed by atoms with Crippen molar-refractivity contribution < 1.29 is 12.8 Å². The molecule has 0 aromatic heterocycles. The van der Waals surface area contributed by atoms with Crippen LogP contribution in [0.3, 0.4) is 0 Å². The van der Waals surface area contributed by atoms with E-state index in [1.165, 1.54) is 6.07 Å².